The van der Waals surface area contributed by atoms with Gasteiger partial charge < -0.3 is 10.1 Å². The molecule has 5 heteroatoms. The lowest BCUT2D eigenvalue weighted by atomic mass is 10.0. The Bertz CT molecular complexity index is 574. The third-order valence-corrected chi connectivity index (χ3v) is 4.41. The summed E-state index contributed by atoms with van der Waals surface area (Å²) < 4.78 is 5.07. The molecule has 0 aromatic heterocycles. The highest BCUT2D eigenvalue weighted by molar-refractivity contribution is 5.98. The summed E-state index contributed by atoms with van der Waals surface area (Å²) in [5.74, 6) is 0.0176. The first-order valence-electron chi connectivity index (χ1n) is 8.67. The van der Waals surface area contributed by atoms with Gasteiger partial charge in [0.15, 0.2) is 12.4 Å². The topological polar surface area (TPSA) is 72.5 Å². The average molecular weight is 331 g/mol. The van der Waals surface area contributed by atoms with Crippen LogP contribution in [-0.4, -0.2) is 24.3 Å². The zero-order valence-corrected chi connectivity index (χ0v) is 14.2. The van der Waals surface area contributed by atoms with E-state index in [1.807, 2.05) is 0 Å². The number of anilines is 1. The van der Waals surface area contributed by atoms with Crippen molar-refractivity contribution in [3.63, 3.8) is 0 Å². The fraction of sp³-hybridized carbons (Fsp3) is 0.526. The van der Waals surface area contributed by atoms with Gasteiger partial charge in [-0.1, -0.05) is 32.6 Å². The summed E-state index contributed by atoms with van der Waals surface area (Å²) in [5.41, 5.74) is 1.11. The van der Waals surface area contributed by atoms with E-state index in [2.05, 4.69) is 5.32 Å². The first-order chi connectivity index (χ1) is 11.6. The maximum atomic E-state index is 12.0. The molecule has 0 atom stereocenters. The van der Waals surface area contributed by atoms with Crippen LogP contribution in [0.3, 0.4) is 0 Å². The predicted octanol–water partition coefficient (Wildman–Crippen LogP) is 3.73. The molecule has 0 spiro atoms. The van der Waals surface area contributed by atoms with Gasteiger partial charge in [0.25, 0.3) is 0 Å². The fourth-order valence-electron chi connectivity index (χ4n) is 2.91. The van der Waals surface area contributed by atoms with Crippen molar-refractivity contribution >= 4 is 23.3 Å². The minimum absolute atomic E-state index is 0.0785. The van der Waals surface area contributed by atoms with Crippen LogP contribution in [0.1, 0.15) is 62.2 Å². The van der Waals surface area contributed by atoms with Gasteiger partial charge in [0.2, 0.25) is 5.91 Å². The van der Waals surface area contributed by atoms with Crippen molar-refractivity contribution in [3.05, 3.63) is 29.8 Å². The van der Waals surface area contributed by atoms with Crippen LogP contribution in [0.2, 0.25) is 0 Å². The van der Waals surface area contributed by atoms with Crippen molar-refractivity contribution in [3.8, 4) is 0 Å². The minimum Gasteiger partial charge on any atom is -0.457 e. The van der Waals surface area contributed by atoms with E-state index >= 15 is 0 Å². The van der Waals surface area contributed by atoms with Gasteiger partial charge >= 0.3 is 5.97 Å². The number of Topliss-reactive ketones (excluding diaryl/α,β-unsaturated/α-hetero) is 1. The molecule has 1 fully saturated rings. The molecule has 0 bridgehead atoms. The summed E-state index contributed by atoms with van der Waals surface area (Å²) in [4.78, 5) is 35.1. The van der Waals surface area contributed by atoms with Crippen molar-refractivity contribution in [1.82, 2.24) is 0 Å². The van der Waals surface area contributed by atoms with Gasteiger partial charge in [-0.2, -0.15) is 0 Å². The lowest BCUT2D eigenvalue weighted by Crippen LogP contribution is -2.15. The van der Waals surface area contributed by atoms with Crippen LogP contribution in [0.25, 0.3) is 0 Å². The molecule has 1 aliphatic carbocycles. The van der Waals surface area contributed by atoms with Gasteiger partial charge in [-0.15, -0.1) is 0 Å². The van der Waals surface area contributed by atoms with E-state index in [0.29, 0.717) is 30.0 Å². The normalized spacial score (nSPS) is 14.4. The quantitative estimate of drug-likeness (QED) is 0.582. The van der Waals surface area contributed by atoms with Gasteiger partial charge in [-0.3, -0.25) is 14.4 Å². The molecule has 24 heavy (non-hydrogen) atoms. The number of ketones is 1. The van der Waals surface area contributed by atoms with E-state index in [9.17, 15) is 14.4 Å². The smallest absolute Gasteiger partial charge is 0.306 e. The van der Waals surface area contributed by atoms with Crippen molar-refractivity contribution in [2.75, 3.05) is 11.9 Å². The van der Waals surface area contributed by atoms with Crippen LogP contribution in [0.15, 0.2) is 24.3 Å². The number of carbonyl (C=O) groups excluding carboxylic acids is 3. The molecule has 1 amide bonds. The molecule has 0 unspecified atom stereocenters. The number of amides is 1. The second kappa shape index (κ2) is 9.21. The number of carbonyl (C=O) groups is 3. The first kappa shape index (κ1) is 18.2. The molecule has 0 aliphatic heterocycles. The van der Waals surface area contributed by atoms with Gasteiger partial charge in [-0.05, 0) is 36.6 Å². The third kappa shape index (κ3) is 5.80. The Labute approximate surface area is 142 Å². The maximum Gasteiger partial charge on any atom is 0.306 e. The summed E-state index contributed by atoms with van der Waals surface area (Å²) in [6.45, 7) is 1.54. The Hall–Kier alpha value is -2.17. The largest absolute Gasteiger partial charge is 0.457 e. The Balaban J connectivity index is 1.73. The van der Waals surface area contributed by atoms with Crippen LogP contribution in [0.5, 0.6) is 0 Å². The summed E-state index contributed by atoms with van der Waals surface area (Å²) in [6.07, 6.45) is 6.57. The molecule has 5 nitrogen and oxygen atoms in total. The standard InChI is InChI=1S/C19H25NO4/c1-2-18(22)20-16-10-8-15(9-11-16)17(21)13-24-19(23)12-7-14-5-3-4-6-14/h8-11,14H,2-7,12-13H2,1H3,(H,20,22). The molecule has 130 valence electrons. The zero-order valence-electron chi connectivity index (χ0n) is 14.2. The molecule has 0 saturated heterocycles. The third-order valence-electron chi connectivity index (χ3n) is 4.41. The van der Waals surface area contributed by atoms with Crippen LogP contribution in [-0.2, 0) is 14.3 Å². The maximum absolute atomic E-state index is 12.0. The lowest BCUT2D eigenvalue weighted by molar-refractivity contribution is -0.142. The number of nitrogens with one attached hydrogen (secondary N) is 1. The first-order valence-corrected chi connectivity index (χ1v) is 8.67. The van der Waals surface area contributed by atoms with E-state index in [1.165, 1.54) is 25.7 Å². The van der Waals surface area contributed by atoms with Gasteiger partial charge in [0.1, 0.15) is 0 Å². The predicted molar refractivity (Wildman–Crippen MR) is 91.8 cm³/mol. The average Bonchev–Trinajstić information content (AvgIpc) is 3.12. The summed E-state index contributed by atoms with van der Waals surface area (Å²) in [7, 11) is 0. The van der Waals surface area contributed by atoms with E-state index in [-0.39, 0.29) is 24.3 Å². The van der Waals surface area contributed by atoms with Gasteiger partial charge in [0, 0.05) is 24.1 Å². The SMILES string of the molecule is CCC(=O)Nc1ccc(C(=O)COC(=O)CCC2CCCC2)cc1. The number of ether oxygens (including phenoxy) is 1. The number of esters is 1. The Morgan fingerprint density at radius 1 is 1.12 bits per heavy atom. The second-order valence-electron chi connectivity index (χ2n) is 6.25. The van der Waals surface area contributed by atoms with Crippen LogP contribution in [0.4, 0.5) is 5.69 Å². The highest BCUT2D eigenvalue weighted by Gasteiger charge is 2.17. The molecule has 0 heterocycles. The summed E-state index contributed by atoms with van der Waals surface area (Å²) in [5, 5.41) is 2.72. The van der Waals surface area contributed by atoms with Gasteiger partial charge in [0.05, 0.1) is 0 Å². The van der Waals surface area contributed by atoms with Crippen molar-refractivity contribution < 1.29 is 19.1 Å². The molecule has 0 radical (unpaired) electrons. The molecule has 1 N–H and O–H groups in total. The molecule has 2 rings (SSSR count). The minimum atomic E-state index is -0.304. The van der Waals surface area contributed by atoms with Crippen LogP contribution in [0, 0.1) is 5.92 Å². The zero-order chi connectivity index (χ0) is 17.4. The van der Waals surface area contributed by atoms with Gasteiger partial charge in [-0.25, -0.2) is 0 Å². The van der Waals surface area contributed by atoms with E-state index < -0.39 is 0 Å². The van der Waals surface area contributed by atoms with E-state index in [0.717, 1.165) is 6.42 Å². The van der Waals surface area contributed by atoms with E-state index in [1.54, 1.807) is 31.2 Å². The van der Waals surface area contributed by atoms with E-state index in [4.69, 9.17) is 4.74 Å². The fourth-order valence-corrected chi connectivity index (χ4v) is 2.91. The second-order valence-corrected chi connectivity index (χ2v) is 6.25. The number of benzene rings is 1. The van der Waals surface area contributed by atoms with Crippen molar-refractivity contribution in [2.45, 2.75) is 51.9 Å². The number of hydrogen-bond acceptors (Lipinski definition) is 4. The molecule has 1 aromatic carbocycles. The monoisotopic (exact) mass is 331 g/mol. The van der Waals surface area contributed by atoms with Crippen molar-refractivity contribution in [1.29, 1.82) is 0 Å². The molecular formula is C19H25NO4. The Morgan fingerprint density at radius 3 is 2.42 bits per heavy atom. The molecule has 1 aromatic rings. The molecular weight excluding hydrogens is 306 g/mol. The molecule has 1 saturated carbocycles. The number of rotatable bonds is 8. The Morgan fingerprint density at radius 2 is 1.79 bits per heavy atom. The number of hydrogen-bond donors (Lipinski definition) is 1. The summed E-state index contributed by atoms with van der Waals surface area (Å²) in [6, 6.07) is 6.59. The van der Waals surface area contributed by atoms with Crippen molar-refractivity contribution in [2.24, 2.45) is 5.92 Å². The highest BCUT2D eigenvalue weighted by atomic mass is 16.5. The highest BCUT2D eigenvalue weighted by Crippen LogP contribution is 2.28. The summed E-state index contributed by atoms with van der Waals surface area (Å²) >= 11 is 0. The van der Waals surface area contributed by atoms with Crippen LogP contribution < -0.4 is 5.32 Å². The lowest BCUT2D eigenvalue weighted by Gasteiger charge is -2.09. The Kier molecular flexibility index (Phi) is 6.97. The molecule has 1 aliphatic rings. The van der Waals surface area contributed by atoms with Crippen LogP contribution >= 0.6 is 0 Å².